The Morgan fingerprint density at radius 2 is 1.62 bits per heavy atom. The number of nitrogens with one attached hydrogen (secondary N) is 5. The maximum atomic E-state index is 14.3. The Balaban J connectivity index is 1.02. The smallest absolute Gasteiger partial charge is 0.246 e. The van der Waals surface area contributed by atoms with Crippen molar-refractivity contribution in [1.29, 1.82) is 0 Å². The molecule has 6 N–H and O–H groups in total. The molecule has 6 amide bonds. The monoisotopic (exact) mass is 1090 g/mol. The molecule has 19 nitrogen and oxygen atoms in total. The van der Waals surface area contributed by atoms with Gasteiger partial charge in [0.2, 0.25) is 35.4 Å². The average Bonchev–Trinajstić information content (AvgIpc) is 4.20. The molecule has 3 aromatic heterocycles. The third-order valence-corrected chi connectivity index (χ3v) is 16.3. The fourth-order valence-electron chi connectivity index (χ4n) is 9.61. The van der Waals surface area contributed by atoms with Gasteiger partial charge < -0.3 is 41.3 Å². The van der Waals surface area contributed by atoms with E-state index in [9.17, 15) is 38.7 Å². The number of aliphatic imine (C=N–C) groups is 1. The van der Waals surface area contributed by atoms with E-state index in [0.29, 0.717) is 27.9 Å². The lowest BCUT2D eigenvalue weighted by atomic mass is 9.85. The van der Waals surface area contributed by atoms with E-state index in [1.807, 2.05) is 68.0 Å². The van der Waals surface area contributed by atoms with Gasteiger partial charge in [0.25, 0.3) is 0 Å². The van der Waals surface area contributed by atoms with Crippen molar-refractivity contribution in [2.45, 2.75) is 104 Å². The number of ketones is 1. The van der Waals surface area contributed by atoms with E-state index in [2.05, 4.69) is 36.8 Å². The van der Waals surface area contributed by atoms with Crippen LogP contribution in [0, 0.1) is 39.0 Å². The maximum Gasteiger partial charge on any atom is 0.246 e. The summed E-state index contributed by atoms with van der Waals surface area (Å²) in [6.45, 7) is 11.6. The summed E-state index contributed by atoms with van der Waals surface area (Å²) >= 11 is 9.44. The highest BCUT2D eigenvalue weighted by Crippen LogP contribution is 2.40. The van der Waals surface area contributed by atoms with Crippen LogP contribution in [-0.4, -0.2) is 129 Å². The number of nitrogens with zero attached hydrogens (tertiary/aromatic N) is 5. The molecule has 2 saturated heterocycles. The predicted molar refractivity (Wildman–Crippen MR) is 288 cm³/mol. The summed E-state index contributed by atoms with van der Waals surface area (Å²) in [6.07, 6.45) is -2.00. The number of aliphatic hydroxyl groups is 1. The number of hydrogen-bond donors (Lipinski definition) is 6. The van der Waals surface area contributed by atoms with Crippen LogP contribution >= 0.6 is 34.3 Å². The Morgan fingerprint density at radius 1 is 0.895 bits per heavy atom. The van der Waals surface area contributed by atoms with Crippen molar-refractivity contribution in [3.05, 3.63) is 109 Å². The lowest BCUT2D eigenvalue weighted by Gasteiger charge is -2.35. The number of aryl methyl sites for hydroxylation is 3. The number of halogens is 1. The summed E-state index contributed by atoms with van der Waals surface area (Å²) in [6, 6.07) is 12.7. The molecule has 0 bridgehead atoms. The molecule has 402 valence electrons. The van der Waals surface area contributed by atoms with E-state index in [1.54, 1.807) is 67.7 Å². The highest BCUT2D eigenvalue weighted by molar-refractivity contribution is 7.15. The second-order valence-corrected chi connectivity index (χ2v) is 23.1. The molecule has 0 spiro atoms. The third-order valence-electron chi connectivity index (χ3n) is 13.8. The number of ether oxygens (including phenoxy) is 1. The molecule has 2 fully saturated rings. The summed E-state index contributed by atoms with van der Waals surface area (Å²) in [5.41, 5.74) is 5.11. The molecule has 0 saturated carbocycles. The van der Waals surface area contributed by atoms with Gasteiger partial charge in [0.15, 0.2) is 11.6 Å². The van der Waals surface area contributed by atoms with Gasteiger partial charge in [-0.25, -0.2) is 0 Å². The molecular weight excluding hydrogens is 1030 g/mol. The number of benzene rings is 2. The van der Waals surface area contributed by atoms with Crippen LogP contribution < -0.4 is 26.6 Å². The zero-order valence-corrected chi connectivity index (χ0v) is 45.8. The Hall–Kier alpha value is -6.65. The van der Waals surface area contributed by atoms with Crippen molar-refractivity contribution >= 4 is 81.2 Å². The quantitative estimate of drug-likeness (QED) is 0.128. The molecule has 8 rings (SSSR count). The largest absolute Gasteiger partial charge is 0.391 e. The van der Waals surface area contributed by atoms with Crippen LogP contribution in [0.4, 0.5) is 0 Å². The van der Waals surface area contributed by atoms with Gasteiger partial charge in [-0.05, 0) is 78.9 Å². The van der Waals surface area contributed by atoms with Gasteiger partial charge >= 0.3 is 0 Å². The lowest BCUT2D eigenvalue weighted by Crippen LogP contribution is -2.58. The van der Waals surface area contributed by atoms with Crippen molar-refractivity contribution < 1.29 is 43.4 Å². The van der Waals surface area contributed by atoms with Crippen LogP contribution in [0.2, 0.25) is 5.02 Å². The van der Waals surface area contributed by atoms with Gasteiger partial charge in [-0.1, -0.05) is 68.8 Å². The summed E-state index contributed by atoms with van der Waals surface area (Å²) in [7, 11) is 0. The molecule has 6 heterocycles. The van der Waals surface area contributed by atoms with Gasteiger partial charge in [-0.2, -0.15) is 0 Å². The Bertz CT molecular complexity index is 3050. The molecule has 0 aliphatic carbocycles. The fourth-order valence-corrected chi connectivity index (χ4v) is 11.9. The van der Waals surface area contributed by atoms with Crippen molar-refractivity contribution in [3.63, 3.8) is 0 Å². The first-order valence-corrected chi connectivity index (χ1v) is 27.2. The molecule has 22 heteroatoms. The Labute approximate surface area is 453 Å². The van der Waals surface area contributed by atoms with Gasteiger partial charge in [0, 0.05) is 58.4 Å². The minimum Gasteiger partial charge on any atom is -0.391 e. The normalized spacial score (nSPS) is 22.6. The number of fused-ring (bicyclic) bond motifs is 4. The molecule has 76 heavy (non-hydrogen) atoms. The van der Waals surface area contributed by atoms with E-state index in [1.165, 1.54) is 4.90 Å². The van der Waals surface area contributed by atoms with Crippen molar-refractivity contribution in [3.8, 4) is 15.4 Å². The molecule has 0 radical (unpaired) electrons. The highest BCUT2D eigenvalue weighted by Gasteiger charge is 2.45. The Morgan fingerprint density at radius 3 is 2.32 bits per heavy atom. The number of amides is 6. The van der Waals surface area contributed by atoms with E-state index >= 15 is 0 Å². The van der Waals surface area contributed by atoms with Gasteiger partial charge in [-0.15, -0.1) is 32.9 Å². The number of thiophene rings is 2. The van der Waals surface area contributed by atoms with Gasteiger partial charge in [0.1, 0.15) is 35.6 Å². The van der Waals surface area contributed by atoms with Crippen LogP contribution in [0.25, 0.3) is 15.4 Å². The second-order valence-electron chi connectivity index (χ2n) is 20.6. The number of carbonyl (C=O) groups is 7. The minimum absolute atomic E-state index is 0.0802. The van der Waals surface area contributed by atoms with Crippen LogP contribution in [0.5, 0.6) is 0 Å². The zero-order valence-electron chi connectivity index (χ0n) is 43.5. The molecule has 5 aromatic rings. The molecule has 2 aromatic carbocycles. The number of carbonyl (C=O) groups excluding carboxylic acids is 7. The second kappa shape index (κ2) is 23.7. The van der Waals surface area contributed by atoms with Crippen LogP contribution in [0.1, 0.15) is 103 Å². The zero-order chi connectivity index (χ0) is 54.6. The first-order chi connectivity index (χ1) is 36.2. The van der Waals surface area contributed by atoms with Crippen LogP contribution in [-0.2, 0) is 38.3 Å². The minimum atomic E-state index is -1.14. The van der Waals surface area contributed by atoms with Crippen LogP contribution in [0.3, 0.4) is 0 Å². The summed E-state index contributed by atoms with van der Waals surface area (Å²) in [5, 5.41) is 37.1. The SMILES string of the molecule is Cc1ccsc1-c1ccc([C@H]2CC(=O)NCC(=O)C[C@H](CNC(=O)C[C@@H]3N=C(c4ccc(Cl)cc4)c4c(sc(C)c4C)-n4c(C)nnc43)C(=O)NCCOCC(=O)N[C@@H](C(C)(C)C)C(=O)N3C[C@H](O)C[C@H]3C(=O)N2)cc1. The molecular formula is C54H63ClN10O9S2. The fraction of sp³-hybridized carbons (Fsp3) is 0.444. The molecule has 3 aliphatic rings. The maximum absolute atomic E-state index is 14.3. The van der Waals surface area contributed by atoms with Crippen molar-refractivity contribution in [2.75, 3.05) is 39.4 Å². The standard InChI is InChI=1S/C54H63ClN10O9S2/c1-28-16-19-75-47(28)34-10-8-32(9-11-34)39-22-42(68)58-25-37(66)20-35(50(71)56-17-18-74-27-44(70)61-48(54(5,6)7)52(73)64-26-38(67)21-41(64)51(72)60-39)24-57-43(69)23-40-49-63-62-31(4)65(49)53-45(29(2)30(3)76-53)46(59-40)33-12-14-36(55)15-13-33/h8-16,19,35,38-41,48,67H,17-18,20-27H2,1-7H3,(H,56,71)(H,57,69)(H,58,68)(H,60,72)(H,61,70)/t35-,38-,39-,40+,41+,48-/m1/s1. The van der Waals surface area contributed by atoms with E-state index < -0.39 is 96.0 Å². The highest BCUT2D eigenvalue weighted by atomic mass is 35.5. The molecule has 0 unspecified atom stereocenters. The molecule has 6 atom stereocenters. The lowest BCUT2D eigenvalue weighted by molar-refractivity contribution is -0.144. The van der Waals surface area contributed by atoms with Gasteiger partial charge in [-0.3, -0.25) is 43.1 Å². The van der Waals surface area contributed by atoms with E-state index in [-0.39, 0.29) is 51.9 Å². The number of hydrogen-bond acceptors (Lipinski definition) is 14. The summed E-state index contributed by atoms with van der Waals surface area (Å²) < 4.78 is 7.53. The number of rotatable bonds is 7. The first kappa shape index (κ1) is 55.6. The van der Waals surface area contributed by atoms with Crippen molar-refractivity contribution in [1.82, 2.24) is 46.2 Å². The van der Waals surface area contributed by atoms with Crippen molar-refractivity contribution in [2.24, 2.45) is 16.3 Å². The number of aliphatic hydroxyl groups excluding tert-OH is 1. The average molecular weight is 1100 g/mol. The summed E-state index contributed by atoms with van der Waals surface area (Å²) in [4.78, 5) is 106. The van der Waals surface area contributed by atoms with Crippen LogP contribution in [0.15, 0.2) is 65.0 Å². The number of aromatic nitrogens is 3. The first-order valence-electron chi connectivity index (χ1n) is 25.2. The third kappa shape index (κ3) is 12.8. The Kier molecular flexibility index (Phi) is 17.3. The van der Waals surface area contributed by atoms with Gasteiger partial charge in [0.05, 0.1) is 49.8 Å². The summed E-state index contributed by atoms with van der Waals surface area (Å²) in [5.74, 6) is -4.06. The van der Waals surface area contributed by atoms with E-state index in [4.69, 9.17) is 21.3 Å². The topological polar surface area (TPSA) is 255 Å². The molecule has 3 aliphatic heterocycles. The predicted octanol–water partition coefficient (Wildman–Crippen LogP) is 4.92. The van der Waals surface area contributed by atoms with E-state index in [0.717, 1.165) is 42.6 Å². The number of Topliss-reactive ketones (excluding diaryl/α,β-unsaturated/α-hetero) is 1.